The molecule has 0 fully saturated rings. The first-order chi connectivity index (χ1) is 13.1. The van der Waals surface area contributed by atoms with Gasteiger partial charge in [-0.3, -0.25) is 4.79 Å². The monoisotopic (exact) mass is 401 g/mol. The van der Waals surface area contributed by atoms with Crippen LogP contribution in [0.1, 0.15) is 22.8 Å². The molecule has 0 spiro atoms. The molecule has 138 valence electrons. The minimum atomic E-state index is -0.480. The Hall–Kier alpha value is -2.77. The van der Waals surface area contributed by atoms with Gasteiger partial charge in [0, 0.05) is 21.9 Å². The summed E-state index contributed by atoms with van der Waals surface area (Å²) in [5.41, 5.74) is 1.65. The van der Waals surface area contributed by atoms with Gasteiger partial charge in [0.2, 0.25) is 5.91 Å². The second-order valence-electron chi connectivity index (χ2n) is 5.43. The standard InChI is InChI=1S/C20H16FNO3S2/c1-2-25-20(24)18-15(16-7-4-10-26-16)12-27-19(18)22-17(23)9-8-13-5-3-6-14(21)11-13/h3-12H,2H2,1H3,(H,22,23)/b9-8+. The van der Waals surface area contributed by atoms with Crippen LogP contribution in [0, 0.1) is 5.82 Å². The van der Waals surface area contributed by atoms with E-state index in [2.05, 4.69) is 5.32 Å². The Morgan fingerprint density at radius 2 is 2.07 bits per heavy atom. The van der Waals surface area contributed by atoms with E-state index in [0.717, 1.165) is 10.4 Å². The molecule has 1 aromatic carbocycles. The molecule has 2 aromatic heterocycles. The number of carbonyl (C=O) groups excluding carboxylic acids is 2. The molecule has 2 heterocycles. The minimum absolute atomic E-state index is 0.241. The van der Waals surface area contributed by atoms with Crippen molar-refractivity contribution in [2.75, 3.05) is 11.9 Å². The molecule has 0 aliphatic rings. The van der Waals surface area contributed by atoms with Crippen molar-refractivity contribution in [2.45, 2.75) is 6.92 Å². The third kappa shape index (κ3) is 4.69. The lowest BCUT2D eigenvalue weighted by atomic mass is 10.1. The second-order valence-corrected chi connectivity index (χ2v) is 7.26. The number of anilines is 1. The maximum Gasteiger partial charge on any atom is 0.341 e. The van der Waals surface area contributed by atoms with Gasteiger partial charge in [0.1, 0.15) is 16.4 Å². The molecule has 0 radical (unpaired) electrons. The number of benzene rings is 1. The number of hydrogen-bond acceptors (Lipinski definition) is 5. The minimum Gasteiger partial charge on any atom is -0.462 e. The summed E-state index contributed by atoms with van der Waals surface area (Å²) in [7, 11) is 0. The topological polar surface area (TPSA) is 55.4 Å². The second kappa shape index (κ2) is 8.75. The molecule has 1 N–H and O–H groups in total. The number of ether oxygens (including phenoxy) is 1. The number of esters is 1. The fourth-order valence-electron chi connectivity index (χ4n) is 2.40. The van der Waals surface area contributed by atoms with Crippen LogP contribution in [0.5, 0.6) is 0 Å². The third-order valence-electron chi connectivity index (χ3n) is 3.57. The molecule has 0 bridgehead atoms. The maximum absolute atomic E-state index is 13.2. The van der Waals surface area contributed by atoms with Gasteiger partial charge in [0.25, 0.3) is 0 Å². The molecule has 0 atom stereocenters. The molecule has 4 nitrogen and oxygen atoms in total. The Morgan fingerprint density at radius 3 is 2.78 bits per heavy atom. The van der Waals surface area contributed by atoms with Crippen LogP contribution in [-0.4, -0.2) is 18.5 Å². The van der Waals surface area contributed by atoms with Crippen molar-refractivity contribution in [3.05, 3.63) is 70.2 Å². The maximum atomic E-state index is 13.2. The summed E-state index contributed by atoms with van der Waals surface area (Å²) in [4.78, 5) is 25.6. The van der Waals surface area contributed by atoms with Crippen LogP contribution in [0.3, 0.4) is 0 Å². The van der Waals surface area contributed by atoms with Gasteiger partial charge >= 0.3 is 5.97 Å². The Morgan fingerprint density at radius 1 is 1.22 bits per heavy atom. The predicted octanol–water partition coefficient (Wildman–Crippen LogP) is 5.44. The van der Waals surface area contributed by atoms with Gasteiger partial charge < -0.3 is 10.1 Å². The molecule has 27 heavy (non-hydrogen) atoms. The van der Waals surface area contributed by atoms with Crippen LogP contribution >= 0.6 is 22.7 Å². The van der Waals surface area contributed by atoms with Crippen LogP contribution in [0.2, 0.25) is 0 Å². The van der Waals surface area contributed by atoms with Crippen molar-refractivity contribution < 1.29 is 18.7 Å². The highest BCUT2D eigenvalue weighted by Gasteiger charge is 2.22. The molecule has 3 rings (SSSR count). The fourth-order valence-corrected chi connectivity index (χ4v) is 4.18. The van der Waals surface area contributed by atoms with Crippen molar-refractivity contribution in [2.24, 2.45) is 0 Å². The smallest absolute Gasteiger partial charge is 0.341 e. The Kier molecular flexibility index (Phi) is 6.16. The van der Waals surface area contributed by atoms with Crippen LogP contribution in [0.25, 0.3) is 16.5 Å². The summed E-state index contributed by atoms with van der Waals surface area (Å²) >= 11 is 2.76. The largest absolute Gasteiger partial charge is 0.462 e. The Balaban J connectivity index is 1.83. The number of carbonyl (C=O) groups is 2. The summed E-state index contributed by atoms with van der Waals surface area (Å²) in [6.45, 7) is 1.97. The fraction of sp³-hybridized carbons (Fsp3) is 0.100. The number of rotatable bonds is 6. The lowest BCUT2D eigenvalue weighted by Crippen LogP contribution is -2.12. The lowest BCUT2D eigenvalue weighted by Gasteiger charge is -2.06. The van der Waals surface area contributed by atoms with Crippen LogP contribution < -0.4 is 5.32 Å². The van der Waals surface area contributed by atoms with Gasteiger partial charge in [0.05, 0.1) is 6.61 Å². The highest BCUT2D eigenvalue weighted by molar-refractivity contribution is 7.17. The first kappa shape index (κ1) is 19.0. The zero-order valence-electron chi connectivity index (χ0n) is 14.4. The molecule has 3 aromatic rings. The zero-order chi connectivity index (χ0) is 19.2. The predicted molar refractivity (Wildman–Crippen MR) is 108 cm³/mol. The van der Waals surface area contributed by atoms with Crippen molar-refractivity contribution in [3.8, 4) is 10.4 Å². The van der Waals surface area contributed by atoms with Crippen LogP contribution in [0.4, 0.5) is 9.39 Å². The quantitative estimate of drug-likeness (QED) is 0.442. The lowest BCUT2D eigenvalue weighted by molar-refractivity contribution is -0.111. The molecule has 0 unspecified atom stereocenters. The SMILES string of the molecule is CCOC(=O)c1c(-c2cccs2)csc1NC(=O)/C=C/c1cccc(F)c1. The van der Waals surface area contributed by atoms with E-state index >= 15 is 0 Å². The van der Waals surface area contributed by atoms with E-state index in [9.17, 15) is 14.0 Å². The van der Waals surface area contributed by atoms with Gasteiger partial charge in [-0.2, -0.15) is 0 Å². The van der Waals surface area contributed by atoms with Crippen LogP contribution in [0.15, 0.2) is 53.2 Å². The summed E-state index contributed by atoms with van der Waals surface area (Å²) in [5, 5.41) is 6.88. The first-order valence-electron chi connectivity index (χ1n) is 8.15. The normalized spacial score (nSPS) is 10.9. The number of amides is 1. The molecule has 1 amide bonds. The highest BCUT2D eigenvalue weighted by Crippen LogP contribution is 2.38. The average molecular weight is 401 g/mol. The van der Waals surface area contributed by atoms with E-state index in [0.29, 0.717) is 16.1 Å². The van der Waals surface area contributed by atoms with Gasteiger partial charge in [-0.25, -0.2) is 9.18 Å². The number of thiophene rings is 2. The van der Waals surface area contributed by atoms with Crippen molar-refractivity contribution in [1.82, 2.24) is 0 Å². The van der Waals surface area contributed by atoms with E-state index in [-0.39, 0.29) is 12.4 Å². The number of hydrogen-bond donors (Lipinski definition) is 1. The van der Waals surface area contributed by atoms with Gasteiger partial charge in [0.15, 0.2) is 0 Å². The van der Waals surface area contributed by atoms with Crippen molar-refractivity contribution in [3.63, 3.8) is 0 Å². The highest BCUT2D eigenvalue weighted by atomic mass is 32.1. The number of nitrogens with one attached hydrogen (secondary N) is 1. The summed E-state index contributed by atoms with van der Waals surface area (Å²) in [6.07, 6.45) is 2.81. The van der Waals surface area contributed by atoms with E-state index in [1.807, 2.05) is 22.9 Å². The molecular weight excluding hydrogens is 385 g/mol. The first-order valence-corrected chi connectivity index (χ1v) is 9.91. The molecule has 0 aliphatic heterocycles. The summed E-state index contributed by atoms with van der Waals surface area (Å²) < 4.78 is 18.4. The van der Waals surface area contributed by atoms with E-state index in [1.54, 1.807) is 19.1 Å². The molecule has 0 saturated heterocycles. The molecule has 0 saturated carbocycles. The van der Waals surface area contributed by atoms with Crippen molar-refractivity contribution in [1.29, 1.82) is 0 Å². The summed E-state index contributed by atoms with van der Waals surface area (Å²) in [5.74, 6) is -1.27. The molecule has 7 heteroatoms. The zero-order valence-corrected chi connectivity index (χ0v) is 16.0. The van der Waals surface area contributed by atoms with Gasteiger partial charge in [-0.05, 0) is 42.1 Å². The average Bonchev–Trinajstić information content (AvgIpc) is 3.29. The van der Waals surface area contributed by atoms with Gasteiger partial charge in [-0.1, -0.05) is 18.2 Å². The number of halogens is 1. The molecule has 0 aliphatic carbocycles. The third-order valence-corrected chi connectivity index (χ3v) is 5.37. The van der Waals surface area contributed by atoms with Gasteiger partial charge in [-0.15, -0.1) is 22.7 Å². The van der Waals surface area contributed by atoms with Crippen LogP contribution in [-0.2, 0) is 9.53 Å². The molecular formula is C20H16FNO3S2. The Bertz CT molecular complexity index is 977. The Labute approximate surface area is 163 Å². The van der Waals surface area contributed by atoms with E-state index in [1.165, 1.54) is 47.0 Å². The van der Waals surface area contributed by atoms with E-state index in [4.69, 9.17) is 4.74 Å². The van der Waals surface area contributed by atoms with Crippen molar-refractivity contribution >= 4 is 45.6 Å². The van der Waals surface area contributed by atoms with E-state index < -0.39 is 11.9 Å². The summed E-state index contributed by atoms with van der Waals surface area (Å²) in [6, 6.07) is 9.72.